The fourth-order valence-corrected chi connectivity index (χ4v) is 3.26. The molecule has 0 radical (unpaired) electrons. The highest BCUT2D eigenvalue weighted by atomic mass is 32.2. The minimum absolute atomic E-state index is 0.157. The summed E-state index contributed by atoms with van der Waals surface area (Å²) in [5, 5.41) is 3.01. The summed E-state index contributed by atoms with van der Waals surface area (Å²) in [4.78, 5) is 12.0. The first-order chi connectivity index (χ1) is 8.47. The fraction of sp³-hybridized carbons (Fsp3) is 0.533. The predicted molar refractivity (Wildman–Crippen MR) is 79.2 cm³/mol. The molecule has 2 nitrogen and oxygen atoms in total. The van der Waals surface area contributed by atoms with Crippen molar-refractivity contribution in [2.75, 3.05) is 16.8 Å². The van der Waals surface area contributed by atoms with E-state index in [4.69, 9.17) is 0 Å². The maximum atomic E-state index is 12.0. The summed E-state index contributed by atoms with van der Waals surface area (Å²) < 4.78 is 0. The van der Waals surface area contributed by atoms with E-state index in [2.05, 4.69) is 38.2 Å². The molecule has 98 valence electrons. The van der Waals surface area contributed by atoms with Crippen molar-refractivity contribution in [1.82, 2.24) is 0 Å². The second kappa shape index (κ2) is 5.35. The third-order valence-corrected chi connectivity index (χ3v) is 4.48. The Labute approximate surface area is 114 Å². The summed E-state index contributed by atoms with van der Waals surface area (Å²) in [6.45, 7) is 6.57. The third-order valence-electron chi connectivity index (χ3n) is 3.32. The van der Waals surface area contributed by atoms with Gasteiger partial charge >= 0.3 is 0 Å². The smallest absolute Gasteiger partial charge is 0.228 e. The van der Waals surface area contributed by atoms with Gasteiger partial charge in [0.25, 0.3) is 0 Å². The van der Waals surface area contributed by atoms with Crippen LogP contribution in [0.5, 0.6) is 0 Å². The standard InChI is InChI=1S/C15H21NOS/c1-15(2,3)12-4-6-13(7-5-12)16-14(17)11-8-9-18-10-11/h4-7,11H,8-10H2,1-3H3,(H,16,17). The van der Waals surface area contributed by atoms with Gasteiger partial charge in [-0.15, -0.1) is 0 Å². The second-order valence-corrected chi connectivity index (χ2v) is 7.03. The van der Waals surface area contributed by atoms with E-state index in [1.807, 2.05) is 23.9 Å². The zero-order valence-corrected chi connectivity index (χ0v) is 12.1. The van der Waals surface area contributed by atoms with Gasteiger partial charge in [-0.2, -0.15) is 11.8 Å². The normalized spacial score (nSPS) is 19.8. The quantitative estimate of drug-likeness (QED) is 0.882. The molecule has 1 aromatic carbocycles. The van der Waals surface area contributed by atoms with Gasteiger partial charge in [0, 0.05) is 17.4 Å². The first-order valence-electron chi connectivity index (χ1n) is 6.46. The zero-order valence-electron chi connectivity index (χ0n) is 11.3. The average Bonchev–Trinajstić information content (AvgIpc) is 2.82. The van der Waals surface area contributed by atoms with Crippen LogP contribution < -0.4 is 5.32 Å². The molecule has 0 aromatic heterocycles. The number of hydrogen-bond donors (Lipinski definition) is 1. The molecule has 18 heavy (non-hydrogen) atoms. The fourth-order valence-electron chi connectivity index (χ4n) is 2.04. The first-order valence-corrected chi connectivity index (χ1v) is 7.61. The van der Waals surface area contributed by atoms with Crippen molar-refractivity contribution in [2.24, 2.45) is 5.92 Å². The molecule has 2 rings (SSSR count). The van der Waals surface area contributed by atoms with Crippen LogP contribution in [0.15, 0.2) is 24.3 Å². The number of carbonyl (C=O) groups is 1. The lowest BCUT2D eigenvalue weighted by molar-refractivity contribution is -0.119. The van der Waals surface area contributed by atoms with Crippen LogP contribution in [0.25, 0.3) is 0 Å². The highest BCUT2D eigenvalue weighted by Gasteiger charge is 2.23. The Hall–Kier alpha value is -0.960. The van der Waals surface area contributed by atoms with E-state index in [-0.39, 0.29) is 17.2 Å². The third kappa shape index (κ3) is 3.29. The van der Waals surface area contributed by atoms with Crippen LogP contribution in [0.2, 0.25) is 0 Å². The van der Waals surface area contributed by atoms with Crippen LogP contribution in [0.1, 0.15) is 32.8 Å². The molecule has 1 aliphatic rings. The highest BCUT2D eigenvalue weighted by Crippen LogP contribution is 2.26. The topological polar surface area (TPSA) is 29.1 Å². The molecule has 1 fully saturated rings. The molecule has 0 saturated carbocycles. The average molecular weight is 263 g/mol. The van der Waals surface area contributed by atoms with Crippen molar-refractivity contribution in [2.45, 2.75) is 32.6 Å². The van der Waals surface area contributed by atoms with Crippen molar-refractivity contribution in [3.8, 4) is 0 Å². The van der Waals surface area contributed by atoms with Crippen LogP contribution in [-0.4, -0.2) is 17.4 Å². The lowest BCUT2D eigenvalue weighted by Gasteiger charge is -2.19. The molecular formula is C15H21NOS. The Morgan fingerprint density at radius 1 is 1.28 bits per heavy atom. The van der Waals surface area contributed by atoms with Gasteiger partial charge in [0.05, 0.1) is 0 Å². The predicted octanol–water partition coefficient (Wildman–Crippen LogP) is 3.68. The molecule has 0 spiro atoms. The maximum Gasteiger partial charge on any atom is 0.228 e. The first kappa shape index (κ1) is 13.5. The van der Waals surface area contributed by atoms with Crippen LogP contribution in [0.4, 0.5) is 5.69 Å². The number of benzene rings is 1. The number of hydrogen-bond acceptors (Lipinski definition) is 2. The highest BCUT2D eigenvalue weighted by molar-refractivity contribution is 7.99. The summed E-state index contributed by atoms with van der Waals surface area (Å²) in [5.74, 6) is 2.44. The van der Waals surface area contributed by atoms with Crippen molar-refractivity contribution in [3.63, 3.8) is 0 Å². The number of amides is 1. The summed E-state index contributed by atoms with van der Waals surface area (Å²) >= 11 is 1.87. The molecule has 0 aliphatic carbocycles. The van der Waals surface area contributed by atoms with E-state index in [1.165, 1.54) is 5.56 Å². The number of nitrogens with one attached hydrogen (secondary N) is 1. The van der Waals surface area contributed by atoms with Crippen LogP contribution >= 0.6 is 11.8 Å². The molecule has 1 aromatic rings. The molecule has 1 atom stereocenters. The summed E-state index contributed by atoms with van der Waals surface area (Å²) in [6.07, 6.45) is 1.01. The number of carbonyl (C=O) groups excluding carboxylic acids is 1. The number of thioether (sulfide) groups is 1. The van der Waals surface area contributed by atoms with E-state index in [0.29, 0.717) is 0 Å². The van der Waals surface area contributed by atoms with Crippen molar-refractivity contribution in [3.05, 3.63) is 29.8 Å². The van der Waals surface area contributed by atoms with Gasteiger partial charge in [-0.05, 0) is 35.3 Å². The van der Waals surface area contributed by atoms with E-state index in [0.717, 1.165) is 23.6 Å². The van der Waals surface area contributed by atoms with E-state index in [1.54, 1.807) is 0 Å². The van der Waals surface area contributed by atoms with E-state index >= 15 is 0 Å². The van der Waals surface area contributed by atoms with Crippen LogP contribution in [0.3, 0.4) is 0 Å². The van der Waals surface area contributed by atoms with Crippen LogP contribution in [0, 0.1) is 5.92 Å². The monoisotopic (exact) mass is 263 g/mol. The van der Waals surface area contributed by atoms with Crippen molar-refractivity contribution < 1.29 is 4.79 Å². The molecule has 1 unspecified atom stereocenters. The second-order valence-electron chi connectivity index (χ2n) is 5.88. The van der Waals surface area contributed by atoms with Gasteiger partial charge in [-0.1, -0.05) is 32.9 Å². The zero-order chi connectivity index (χ0) is 13.2. The molecule has 0 bridgehead atoms. The Morgan fingerprint density at radius 2 is 1.94 bits per heavy atom. The summed E-state index contributed by atoms with van der Waals surface area (Å²) in [7, 11) is 0. The molecule has 1 N–H and O–H groups in total. The molecule has 1 saturated heterocycles. The maximum absolute atomic E-state index is 12.0. The Bertz CT molecular complexity index is 413. The van der Waals surface area contributed by atoms with Gasteiger partial charge in [-0.25, -0.2) is 0 Å². The van der Waals surface area contributed by atoms with Gasteiger partial charge in [0.15, 0.2) is 0 Å². The Balaban J connectivity index is 2.00. The van der Waals surface area contributed by atoms with Gasteiger partial charge in [0.1, 0.15) is 0 Å². The SMILES string of the molecule is CC(C)(C)c1ccc(NC(=O)C2CCSC2)cc1. The molecule has 3 heteroatoms. The Morgan fingerprint density at radius 3 is 2.44 bits per heavy atom. The van der Waals surface area contributed by atoms with Gasteiger partial charge < -0.3 is 5.32 Å². The summed E-state index contributed by atoms with van der Waals surface area (Å²) in [5.41, 5.74) is 2.35. The molecule has 1 aliphatic heterocycles. The van der Waals surface area contributed by atoms with E-state index in [9.17, 15) is 4.79 Å². The molecular weight excluding hydrogens is 242 g/mol. The van der Waals surface area contributed by atoms with Crippen molar-refractivity contribution in [1.29, 1.82) is 0 Å². The molecule has 1 amide bonds. The summed E-state index contributed by atoms with van der Waals surface area (Å²) in [6, 6.07) is 8.19. The largest absolute Gasteiger partial charge is 0.326 e. The molecule has 1 heterocycles. The Kier molecular flexibility index (Phi) is 4.00. The van der Waals surface area contributed by atoms with Gasteiger partial charge in [0.2, 0.25) is 5.91 Å². The lowest BCUT2D eigenvalue weighted by atomic mass is 9.87. The van der Waals surface area contributed by atoms with E-state index < -0.39 is 0 Å². The van der Waals surface area contributed by atoms with Gasteiger partial charge in [-0.3, -0.25) is 4.79 Å². The minimum atomic E-state index is 0.157. The number of rotatable bonds is 2. The van der Waals surface area contributed by atoms with Crippen LogP contribution in [-0.2, 0) is 10.2 Å². The number of anilines is 1. The lowest BCUT2D eigenvalue weighted by Crippen LogP contribution is -2.22. The minimum Gasteiger partial charge on any atom is -0.326 e. The van der Waals surface area contributed by atoms with Crippen molar-refractivity contribution >= 4 is 23.4 Å².